The van der Waals surface area contributed by atoms with E-state index in [1.54, 1.807) is 39.8 Å². The van der Waals surface area contributed by atoms with Crippen LogP contribution in [0.5, 0.6) is 0 Å². The molecule has 1 aliphatic carbocycles. The van der Waals surface area contributed by atoms with Gasteiger partial charge in [0.05, 0.1) is 16.8 Å². The largest absolute Gasteiger partial charge is 0.478 e. The number of halogens is 2. The summed E-state index contributed by atoms with van der Waals surface area (Å²) in [5.74, 6) is -2.83. The van der Waals surface area contributed by atoms with Crippen LogP contribution >= 0.6 is 11.6 Å². The normalized spacial score (nSPS) is 13.1. The number of carboxylic acids is 2. The van der Waals surface area contributed by atoms with Crippen LogP contribution < -0.4 is 10.3 Å². The highest BCUT2D eigenvalue weighted by Crippen LogP contribution is 2.39. The Balaban J connectivity index is 1.69. The van der Waals surface area contributed by atoms with Crippen molar-refractivity contribution in [3.05, 3.63) is 98.7 Å². The molecule has 4 aromatic rings. The van der Waals surface area contributed by atoms with Gasteiger partial charge >= 0.3 is 11.9 Å². The SMILES string of the molecule is O=C(O)c1ccc(CN(c2cccc(Cl)n2)c2cc3c(cc2F)c(=O)c(C(=O)O)cn3C2CC2)cc1. The second-order valence-corrected chi connectivity index (χ2v) is 8.93. The van der Waals surface area contributed by atoms with Gasteiger partial charge < -0.3 is 19.7 Å². The Morgan fingerprint density at radius 3 is 2.42 bits per heavy atom. The van der Waals surface area contributed by atoms with E-state index in [0.717, 1.165) is 18.9 Å². The molecule has 0 spiro atoms. The fraction of sp³-hybridized carbons (Fsp3) is 0.154. The van der Waals surface area contributed by atoms with Crippen LogP contribution in [0.25, 0.3) is 10.9 Å². The minimum Gasteiger partial charge on any atom is -0.478 e. The summed E-state index contributed by atoms with van der Waals surface area (Å²) in [5, 5.41) is 18.8. The van der Waals surface area contributed by atoms with Crippen molar-refractivity contribution >= 4 is 45.9 Å². The Bertz CT molecular complexity index is 1580. The van der Waals surface area contributed by atoms with E-state index < -0.39 is 28.7 Å². The second kappa shape index (κ2) is 9.09. The maximum atomic E-state index is 15.6. The van der Waals surface area contributed by atoms with Crippen LogP contribution in [0.3, 0.4) is 0 Å². The van der Waals surface area contributed by atoms with Crippen molar-refractivity contribution in [2.45, 2.75) is 25.4 Å². The van der Waals surface area contributed by atoms with Crippen molar-refractivity contribution in [3.8, 4) is 0 Å². The number of anilines is 2. The molecule has 0 radical (unpaired) electrons. The third-order valence-electron chi connectivity index (χ3n) is 6.08. The zero-order valence-electron chi connectivity index (χ0n) is 18.7. The molecule has 0 amide bonds. The monoisotopic (exact) mass is 507 g/mol. The number of benzene rings is 2. The lowest BCUT2D eigenvalue weighted by Crippen LogP contribution is -2.22. The van der Waals surface area contributed by atoms with Gasteiger partial charge in [0, 0.05) is 24.2 Å². The number of carbonyl (C=O) groups is 2. The number of hydrogen-bond donors (Lipinski definition) is 2. The van der Waals surface area contributed by atoms with Crippen molar-refractivity contribution in [2.75, 3.05) is 4.90 Å². The molecule has 2 aromatic heterocycles. The Kier molecular flexibility index (Phi) is 5.93. The zero-order valence-corrected chi connectivity index (χ0v) is 19.4. The molecule has 0 saturated heterocycles. The first-order valence-corrected chi connectivity index (χ1v) is 11.4. The lowest BCUT2D eigenvalue weighted by molar-refractivity contribution is 0.0685. The lowest BCUT2D eigenvalue weighted by atomic mass is 10.1. The molecule has 0 atom stereocenters. The molecule has 1 saturated carbocycles. The third kappa shape index (κ3) is 4.40. The van der Waals surface area contributed by atoms with Gasteiger partial charge in [-0.05, 0) is 54.8 Å². The molecule has 0 unspecified atom stereocenters. The summed E-state index contributed by atoms with van der Waals surface area (Å²) in [7, 11) is 0. The first-order valence-electron chi connectivity index (χ1n) is 11.1. The summed E-state index contributed by atoms with van der Waals surface area (Å²) >= 11 is 6.11. The highest BCUT2D eigenvalue weighted by Gasteiger charge is 2.28. The van der Waals surface area contributed by atoms with Crippen LogP contribution in [0.15, 0.2) is 65.6 Å². The molecule has 2 aromatic carbocycles. The first kappa shape index (κ1) is 23.5. The Hall–Kier alpha value is -4.24. The molecule has 1 fully saturated rings. The van der Waals surface area contributed by atoms with Gasteiger partial charge in [-0.2, -0.15) is 0 Å². The van der Waals surface area contributed by atoms with Crippen molar-refractivity contribution in [1.29, 1.82) is 0 Å². The van der Waals surface area contributed by atoms with E-state index in [1.807, 2.05) is 0 Å². The summed E-state index contributed by atoms with van der Waals surface area (Å²) in [6, 6.07) is 13.7. The van der Waals surface area contributed by atoms with Crippen molar-refractivity contribution < 1.29 is 24.2 Å². The topological polar surface area (TPSA) is 113 Å². The Morgan fingerprint density at radius 1 is 1.08 bits per heavy atom. The summed E-state index contributed by atoms with van der Waals surface area (Å²) in [4.78, 5) is 41.6. The van der Waals surface area contributed by atoms with E-state index in [4.69, 9.17) is 11.6 Å². The van der Waals surface area contributed by atoms with Crippen LogP contribution in [0.2, 0.25) is 5.15 Å². The standard InChI is InChI=1S/C26H19ClFN3O5/c27-22-2-1-3-23(29-22)31(12-14-4-6-15(7-5-14)25(33)34)21-11-20-17(10-19(21)28)24(32)18(26(35)36)13-30(20)16-8-9-16/h1-7,10-11,13,16H,8-9,12H2,(H,33,34)(H,35,36). The highest BCUT2D eigenvalue weighted by molar-refractivity contribution is 6.29. The van der Waals surface area contributed by atoms with Crippen molar-refractivity contribution in [2.24, 2.45) is 0 Å². The molecule has 182 valence electrons. The summed E-state index contributed by atoms with van der Waals surface area (Å²) in [6.45, 7) is 0.122. The highest BCUT2D eigenvalue weighted by atomic mass is 35.5. The van der Waals surface area contributed by atoms with Gasteiger partial charge in [0.15, 0.2) is 0 Å². The average Bonchev–Trinajstić information content (AvgIpc) is 3.68. The van der Waals surface area contributed by atoms with E-state index >= 15 is 4.39 Å². The van der Waals surface area contributed by atoms with Gasteiger partial charge in [-0.15, -0.1) is 0 Å². The number of rotatable bonds is 7. The maximum absolute atomic E-state index is 15.6. The second-order valence-electron chi connectivity index (χ2n) is 8.54. The summed E-state index contributed by atoms with van der Waals surface area (Å²) in [6.07, 6.45) is 2.96. The third-order valence-corrected chi connectivity index (χ3v) is 6.29. The quantitative estimate of drug-likeness (QED) is 0.328. The van der Waals surface area contributed by atoms with Gasteiger partial charge in [-0.25, -0.2) is 19.0 Å². The zero-order chi connectivity index (χ0) is 25.6. The molecule has 0 bridgehead atoms. The number of aromatic nitrogens is 2. The number of pyridine rings is 2. The molecule has 5 rings (SSSR count). The molecule has 10 heteroatoms. The fourth-order valence-electron chi connectivity index (χ4n) is 4.15. The smallest absolute Gasteiger partial charge is 0.341 e. The molecule has 36 heavy (non-hydrogen) atoms. The Morgan fingerprint density at radius 2 is 1.81 bits per heavy atom. The molecule has 0 aliphatic heterocycles. The molecule has 8 nitrogen and oxygen atoms in total. The molecule has 2 N–H and O–H groups in total. The molecular weight excluding hydrogens is 489 g/mol. The number of carboxylic acid groups (broad SMARTS) is 2. The minimum atomic E-state index is -1.37. The summed E-state index contributed by atoms with van der Waals surface area (Å²) < 4.78 is 17.3. The van der Waals surface area contributed by atoms with Crippen LogP contribution in [0.4, 0.5) is 15.9 Å². The maximum Gasteiger partial charge on any atom is 0.341 e. The van der Waals surface area contributed by atoms with Gasteiger partial charge in [-0.3, -0.25) is 4.79 Å². The molecule has 2 heterocycles. The van der Waals surface area contributed by atoms with E-state index in [0.29, 0.717) is 16.9 Å². The van der Waals surface area contributed by atoms with Crippen LogP contribution in [0.1, 0.15) is 45.2 Å². The van der Waals surface area contributed by atoms with E-state index in [2.05, 4.69) is 4.98 Å². The minimum absolute atomic E-state index is 0.0193. The van der Waals surface area contributed by atoms with E-state index in [-0.39, 0.29) is 34.4 Å². The number of aromatic carboxylic acids is 2. The lowest BCUT2D eigenvalue weighted by Gasteiger charge is -2.26. The van der Waals surface area contributed by atoms with E-state index in [1.165, 1.54) is 24.4 Å². The van der Waals surface area contributed by atoms with Crippen LogP contribution in [-0.2, 0) is 6.54 Å². The Labute approximate surface area is 208 Å². The van der Waals surface area contributed by atoms with E-state index in [9.17, 15) is 24.6 Å². The van der Waals surface area contributed by atoms with Gasteiger partial charge in [0.1, 0.15) is 22.4 Å². The summed E-state index contributed by atoms with van der Waals surface area (Å²) in [5.41, 5.74) is 0.159. The van der Waals surface area contributed by atoms with Gasteiger partial charge in [-0.1, -0.05) is 29.8 Å². The van der Waals surface area contributed by atoms with Crippen LogP contribution in [-0.4, -0.2) is 31.7 Å². The number of fused-ring (bicyclic) bond motifs is 1. The van der Waals surface area contributed by atoms with Crippen molar-refractivity contribution in [1.82, 2.24) is 9.55 Å². The predicted octanol–water partition coefficient (Wildman–Crippen LogP) is 5.26. The number of nitrogens with zero attached hydrogens (tertiary/aromatic N) is 3. The van der Waals surface area contributed by atoms with Crippen LogP contribution in [0, 0.1) is 5.82 Å². The molecular formula is C26H19ClFN3O5. The van der Waals surface area contributed by atoms with Crippen molar-refractivity contribution in [3.63, 3.8) is 0 Å². The van der Waals surface area contributed by atoms with Gasteiger partial charge in [0.2, 0.25) is 5.43 Å². The van der Waals surface area contributed by atoms with Gasteiger partial charge in [0.25, 0.3) is 0 Å². The number of hydrogen-bond acceptors (Lipinski definition) is 5. The fourth-order valence-corrected chi connectivity index (χ4v) is 4.30. The average molecular weight is 508 g/mol. The first-order chi connectivity index (χ1) is 17.2. The predicted molar refractivity (Wildman–Crippen MR) is 132 cm³/mol. The molecule has 1 aliphatic rings.